The number of imidazole rings is 1. The molecule has 2 aromatic rings. The van der Waals surface area contributed by atoms with Crippen molar-refractivity contribution in [3.63, 3.8) is 0 Å². The van der Waals surface area contributed by atoms with Crippen molar-refractivity contribution in [2.24, 2.45) is 0 Å². The largest absolute Gasteiger partial charge is 0.326 e. The summed E-state index contributed by atoms with van der Waals surface area (Å²) in [6.07, 6.45) is 1.62. The molecule has 1 aromatic heterocycles. The van der Waals surface area contributed by atoms with Crippen LogP contribution in [0.15, 0.2) is 18.5 Å². The van der Waals surface area contributed by atoms with Gasteiger partial charge in [-0.15, -0.1) is 0 Å². The van der Waals surface area contributed by atoms with Crippen LogP contribution in [0.5, 0.6) is 0 Å². The molecule has 0 saturated carbocycles. The maximum Gasteiger partial charge on any atom is 0.161 e. The van der Waals surface area contributed by atoms with Crippen molar-refractivity contribution in [1.82, 2.24) is 14.9 Å². The highest BCUT2D eigenvalue weighted by Gasteiger charge is 2.12. The molecule has 0 saturated heterocycles. The van der Waals surface area contributed by atoms with E-state index in [0.29, 0.717) is 11.0 Å². The normalized spacial score (nSPS) is 13.2. The summed E-state index contributed by atoms with van der Waals surface area (Å²) in [5.41, 5.74) is 1.10. The minimum Gasteiger partial charge on any atom is -0.326 e. The molecule has 3 nitrogen and oxygen atoms in total. The quantitative estimate of drug-likeness (QED) is 0.888. The minimum atomic E-state index is -0.859. The molecule has 5 heteroatoms. The highest BCUT2D eigenvalue weighted by molar-refractivity contribution is 5.75. The fraction of sp³-hybridized carbons (Fsp3) is 0.417. The first kappa shape index (κ1) is 12.0. The van der Waals surface area contributed by atoms with Gasteiger partial charge in [0, 0.05) is 24.7 Å². The first-order chi connectivity index (χ1) is 8.13. The smallest absolute Gasteiger partial charge is 0.161 e. The molecule has 0 amide bonds. The van der Waals surface area contributed by atoms with Crippen molar-refractivity contribution >= 4 is 11.0 Å². The Labute approximate surface area is 98.5 Å². The standard InChI is InChI=1S/C12H15F2N3/c1-3-15-6-8(2)17-7-16-11-4-9(13)10(14)5-12(11)17/h4-5,7-8,15H,3,6H2,1-2H3. The molecule has 17 heavy (non-hydrogen) atoms. The summed E-state index contributed by atoms with van der Waals surface area (Å²) in [6.45, 7) is 5.67. The summed E-state index contributed by atoms with van der Waals surface area (Å²) in [5, 5.41) is 3.21. The zero-order valence-electron chi connectivity index (χ0n) is 9.87. The van der Waals surface area contributed by atoms with Crippen molar-refractivity contribution in [3.8, 4) is 0 Å². The number of halogens is 2. The monoisotopic (exact) mass is 239 g/mol. The molecule has 0 aliphatic heterocycles. The number of rotatable bonds is 4. The molecular formula is C12H15F2N3. The first-order valence-corrected chi connectivity index (χ1v) is 5.65. The van der Waals surface area contributed by atoms with Gasteiger partial charge < -0.3 is 9.88 Å². The van der Waals surface area contributed by atoms with Gasteiger partial charge in [0.1, 0.15) is 0 Å². The fourth-order valence-corrected chi connectivity index (χ4v) is 1.83. The van der Waals surface area contributed by atoms with E-state index < -0.39 is 11.6 Å². The Balaban J connectivity index is 2.38. The molecule has 1 aromatic carbocycles. The highest BCUT2D eigenvalue weighted by Crippen LogP contribution is 2.20. The molecule has 92 valence electrons. The molecule has 1 N–H and O–H groups in total. The van der Waals surface area contributed by atoms with Gasteiger partial charge >= 0.3 is 0 Å². The van der Waals surface area contributed by atoms with Crippen molar-refractivity contribution in [2.75, 3.05) is 13.1 Å². The van der Waals surface area contributed by atoms with Gasteiger partial charge in [-0.2, -0.15) is 0 Å². The van der Waals surface area contributed by atoms with Crippen LogP contribution >= 0.6 is 0 Å². The summed E-state index contributed by atoms with van der Waals surface area (Å²) < 4.78 is 28.1. The van der Waals surface area contributed by atoms with Gasteiger partial charge in [-0.1, -0.05) is 6.92 Å². The maximum atomic E-state index is 13.2. The first-order valence-electron chi connectivity index (χ1n) is 5.65. The number of nitrogens with zero attached hydrogens (tertiary/aromatic N) is 2. The molecule has 2 rings (SSSR count). The van der Waals surface area contributed by atoms with Gasteiger partial charge in [-0.05, 0) is 13.5 Å². The van der Waals surface area contributed by atoms with Crippen LogP contribution in [0.3, 0.4) is 0 Å². The number of likely N-dealkylation sites (N-methyl/N-ethyl adjacent to an activating group) is 1. The molecule has 1 atom stereocenters. The molecule has 1 heterocycles. The van der Waals surface area contributed by atoms with Crippen LogP contribution in [0.4, 0.5) is 8.78 Å². The van der Waals surface area contributed by atoms with Crippen LogP contribution in [0.2, 0.25) is 0 Å². The van der Waals surface area contributed by atoms with Gasteiger partial charge in [0.2, 0.25) is 0 Å². The third kappa shape index (κ3) is 2.29. The van der Waals surface area contributed by atoms with Crippen molar-refractivity contribution < 1.29 is 8.78 Å². The topological polar surface area (TPSA) is 29.9 Å². The Morgan fingerprint density at radius 2 is 2.06 bits per heavy atom. The lowest BCUT2D eigenvalue weighted by Crippen LogP contribution is -2.22. The maximum absolute atomic E-state index is 13.2. The van der Waals surface area contributed by atoms with E-state index in [1.807, 2.05) is 18.4 Å². The van der Waals surface area contributed by atoms with Crippen LogP contribution in [0.25, 0.3) is 11.0 Å². The van der Waals surface area contributed by atoms with Crippen LogP contribution in [-0.4, -0.2) is 22.6 Å². The predicted octanol–water partition coefficient (Wildman–Crippen LogP) is 2.49. The third-order valence-corrected chi connectivity index (χ3v) is 2.78. The molecule has 1 unspecified atom stereocenters. The minimum absolute atomic E-state index is 0.143. The SMILES string of the molecule is CCNCC(C)n1cnc2cc(F)c(F)cc21. The fourth-order valence-electron chi connectivity index (χ4n) is 1.83. The number of hydrogen-bond acceptors (Lipinski definition) is 2. The summed E-state index contributed by atoms with van der Waals surface area (Å²) in [4.78, 5) is 4.08. The van der Waals surface area contributed by atoms with E-state index in [-0.39, 0.29) is 6.04 Å². The summed E-state index contributed by atoms with van der Waals surface area (Å²) in [6, 6.07) is 2.46. The van der Waals surface area contributed by atoms with Gasteiger partial charge in [0.15, 0.2) is 11.6 Å². The average Bonchev–Trinajstić information content (AvgIpc) is 2.69. The molecule has 0 aliphatic rings. The van der Waals surface area contributed by atoms with E-state index in [9.17, 15) is 8.78 Å². The number of nitrogens with one attached hydrogen (secondary N) is 1. The molecule has 0 spiro atoms. The number of aromatic nitrogens is 2. The molecule has 0 bridgehead atoms. The Morgan fingerprint density at radius 1 is 1.35 bits per heavy atom. The van der Waals surface area contributed by atoms with E-state index in [1.165, 1.54) is 6.07 Å². The Kier molecular flexibility index (Phi) is 3.38. The lowest BCUT2D eigenvalue weighted by Gasteiger charge is -2.14. The lowest BCUT2D eigenvalue weighted by atomic mass is 10.2. The number of hydrogen-bond donors (Lipinski definition) is 1. The Hall–Kier alpha value is -1.49. The van der Waals surface area contributed by atoms with E-state index in [4.69, 9.17) is 0 Å². The zero-order chi connectivity index (χ0) is 12.4. The van der Waals surface area contributed by atoms with E-state index in [0.717, 1.165) is 19.2 Å². The molecule has 0 fully saturated rings. The third-order valence-electron chi connectivity index (χ3n) is 2.78. The number of fused-ring (bicyclic) bond motifs is 1. The van der Waals surface area contributed by atoms with Gasteiger partial charge in [0.05, 0.1) is 17.4 Å². The van der Waals surface area contributed by atoms with Gasteiger partial charge in [0.25, 0.3) is 0 Å². The average molecular weight is 239 g/mol. The molecule has 0 aliphatic carbocycles. The zero-order valence-corrected chi connectivity index (χ0v) is 9.87. The lowest BCUT2D eigenvalue weighted by molar-refractivity contribution is 0.502. The second-order valence-electron chi connectivity index (χ2n) is 4.06. The Morgan fingerprint density at radius 3 is 2.76 bits per heavy atom. The second kappa shape index (κ2) is 4.79. The van der Waals surface area contributed by atoms with Gasteiger partial charge in [-0.3, -0.25) is 0 Å². The molecular weight excluding hydrogens is 224 g/mol. The highest BCUT2D eigenvalue weighted by atomic mass is 19.2. The van der Waals surface area contributed by atoms with E-state index >= 15 is 0 Å². The predicted molar refractivity (Wildman–Crippen MR) is 62.9 cm³/mol. The summed E-state index contributed by atoms with van der Waals surface area (Å²) in [7, 11) is 0. The Bertz CT molecular complexity index is 522. The van der Waals surface area contributed by atoms with E-state index in [2.05, 4.69) is 10.3 Å². The summed E-state index contributed by atoms with van der Waals surface area (Å²) >= 11 is 0. The van der Waals surface area contributed by atoms with Crippen molar-refractivity contribution in [3.05, 3.63) is 30.1 Å². The molecule has 0 radical (unpaired) electrons. The second-order valence-corrected chi connectivity index (χ2v) is 4.06. The van der Waals surface area contributed by atoms with Crippen molar-refractivity contribution in [2.45, 2.75) is 19.9 Å². The van der Waals surface area contributed by atoms with Crippen LogP contribution in [-0.2, 0) is 0 Å². The van der Waals surface area contributed by atoms with E-state index in [1.54, 1.807) is 6.33 Å². The summed E-state index contributed by atoms with van der Waals surface area (Å²) in [5.74, 6) is -1.70. The van der Waals surface area contributed by atoms with Gasteiger partial charge in [-0.25, -0.2) is 13.8 Å². The van der Waals surface area contributed by atoms with Crippen LogP contribution < -0.4 is 5.32 Å². The van der Waals surface area contributed by atoms with Crippen LogP contribution in [0, 0.1) is 11.6 Å². The number of benzene rings is 1. The van der Waals surface area contributed by atoms with Crippen LogP contribution in [0.1, 0.15) is 19.9 Å². The van der Waals surface area contributed by atoms with Crippen molar-refractivity contribution in [1.29, 1.82) is 0 Å².